The first-order chi connectivity index (χ1) is 10.2. The third kappa shape index (κ3) is 3.46. The van der Waals surface area contributed by atoms with Crippen molar-refractivity contribution in [2.45, 2.75) is 69.4 Å². The Bertz CT molecular complexity index is 506. The number of hydrogen-bond acceptors (Lipinski definition) is 3. The monoisotopic (exact) mass is 287 g/mol. The van der Waals surface area contributed by atoms with Crippen molar-refractivity contribution < 1.29 is 9.53 Å². The van der Waals surface area contributed by atoms with E-state index < -0.39 is 0 Å². The average Bonchev–Trinajstić information content (AvgIpc) is 2.48. The number of carbonyl (C=O) groups is 1. The van der Waals surface area contributed by atoms with Crippen LogP contribution >= 0.6 is 0 Å². The molecule has 2 aliphatic carbocycles. The van der Waals surface area contributed by atoms with E-state index in [-0.39, 0.29) is 17.6 Å². The summed E-state index contributed by atoms with van der Waals surface area (Å²) in [7, 11) is 0. The molecule has 21 heavy (non-hydrogen) atoms. The van der Waals surface area contributed by atoms with Crippen LogP contribution in [-0.4, -0.2) is 11.5 Å². The van der Waals surface area contributed by atoms with Crippen LogP contribution in [-0.2, 0) is 16.0 Å². The van der Waals surface area contributed by atoms with E-state index in [2.05, 4.69) is 18.2 Å². The summed E-state index contributed by atoms with van der Waals surface area (Å²) in [6, 6.07) is 8.31. The first kappa shape index (κ1) is 14.6. The van der Waals surface area contributed by atoms with Crippen LogP contribution in [0.5, 0.6) is 0 Å². The molecule has 1 atom stereocenters. The Kier molecular flexibility index (Phi) is 4.29. The van der Waals surface area contributed by atoms with Gasteiger partial charge in [0.1, 0.15) is 6.10 Å². The van der Waals surface area contributed by atoms with Crippen molar-refractivity contribution in [3.63, 3.8) is 0 Å². The number of aryl methyl sites for hydroxylation is 1. The number of benzene rings is 1. The maximum absolute atomic E-state index is 12.3. The Morgan fingerprint density at radius 1 is 1.19 bits per heavy atom. The molecule has 3 heteroatoms. The van der Waals surface area contributed by atoms with Crippen molar-refractivity contribution in [2.24, 2.45) is 5.73 Å². The summed E-state index contributed by atoms with van der Waals surface area (Å²) in [4.78, 5) is 12.3. The predicted molar refractivity (Wildman–Crippen MR) is 82.8 cm³/mol. The highest BCUT2D eigenvalue weighted by molar-refractivity contribution is 5.71. The van der Waals surface area contributed by atoms with Crippen LogP contribution in [0.4, 0.5) is 0 Å². The standard InChI is InChI=1S/C18H25NO2/c19-18(11-4-1-5-12-18)13-17(20)21-16-10-6-8-14-7-2-3-9-15(14)16/h2-3,7,9,16H,1,4-6,8,10-13,19H2. The zero-order valence-corrected chi connectivity index (χ0v) is 12.6. The van der Waals surface area contributed by atoms with Gasteiger partial charge in [-0.15, -0.1) is 0 Å². The van der Waals surface area contributed by atoms with Gasteiger partial charge in [0.25, 0.3) is 0 Å². The van der Waals surface area contributed by atoms with Gasteiger partial charge in [0.15, 0.2) is 0 Å². The summed E-state index contributed by atoms with van der Waals surface area (Å²) in [5.41, 5.74) is 8.54. The van der Waals surface area contributed by atoms with E-state index in [1.165, 1.54) is 17.5 Å². The average molecular weight is 287 g/mol. The molecule has 1 unspecified atom stereocenters. The molecule has 0 aliphatic heterocycles. The van der Waals surface area contributed by atoms with Gasteiger partial charge in [0.05, 0.1) is 6.42 Å². The molecule has 0 aromatic heterocycles. The molecule has 0 radical (unpaired) electrons. The number of rotatable bonds is 3. The lowest BCUT2D eigenvalue weighted by atomic mass is 9.80. The summed E-state index contributed by atoms with van der Waals surface area (Å²) in [6.07, 6.45) is 8.80. The lowest BCUT2D eigenvalue weighted by Gasteiger charge is -2.33. The van der Waals surface area contributed by atoms with Crippen molar-refractivity contribution in [3.05, 3.63) is 35.4 Å². The molecule has 0 saturated heterocycles. The lowest BCUT2D eigenvalue weighted by Crippen LogP contribution is -2.44. The number of hydrogen-bond donors (Lipinski definition) is 1. The smallest absolute Gasteiger partial charge is 0.308 e. The molecule has 114 valence electrons. The molecule has 2 N–H and O–H groups in total. The molecule has 0 amide bonds. The van der Waals surface area contributed by atoms with E-state index in [4.69, 9.17) is 10.5 Å². The lowest BCUT2D eigenvalue weighted by molar-refractivity contribution is -0.152. The van der Waals surface area contributed by atoms with Gasteiger partial charge in [-0.05, 0) is 43.2 Å². The highest BCUT2D eigenvalue weighted by Gasteiger charge is 2.32. The summed E-state index contributed by atoms with van der Waals surface area (Å²) < 4.78 is 5.77. The minimum absolute atomic E-state index is 0.0744. The van der Waals surface area contributed by atoms with Crippen LogP contribution < -0.4 is 5.73 Å². The van der Waals surface area contributed by atoms with E-state index in [0.29, 0.717) is 6.42 Å². The molecule has 1 aromatic rings. The summed E-state index contributed by atoms with van der Waals surface area (Å²) in [6.45, 7) is 0. The normalized spacial score (nSPS) is 24.1. The van der Waals surface area contributed by atoms with Crippen LogP contribution in [0.3, 0.4) is 0 Å². The largest absolute Gasteiger partial charge is 0.457 e. The Labute approximate surface area is 126 Å². The zero-order chi connectivity index (χ0) is 14.7. The Balaban J connectivity index is 1.63. The molecule has 1 fully saturated rings. The number of fused-ring (bicyclic) bond motifs is 1. The minimum atomic E-state index is -0.330. The van der Waals surface area contributed by atoms with E-state index in [0.717, 1.165) is 44.9 Å². The molecule has 1 saturated carbocycles. The molecular weight excluding hydrogens is 262 g/mol. The van der Waals surface area contributed by atoms with Gasteiger partial charge >= 0.3 is 5.97 Å². The van der Waals surface area contributed by atoms with Crippen LogP contribution in [0.25, 0.3) is 0 Å². The van der Waals surface area contributed by atoms with Crippen LogP contribution in [0.15, 0.2) is 24.3 Å². The number of ether oxygens (including phenoxy) is 1. The second-order valence-corrected chi connectivity index (χ2v) is 6.67. The van der Waals surface area contributed by atoms with Crippen molar-refractivity contribution in [1.82, 2.24) is 0 Å². The summed E-state index contributed by atoms with van der Waals surface area (Å²) in [5.74, 6) is -0.124. The van der Waals surface area contributed by atoms with E-state index in [9.17, 15) is 4.79 Å². The third-order valence-electron chi connectivity index (χ3n) is 4.93. The first-order valence-corrected chi connectivity index (χ1v) is 8.22. The van der Waals surface area contributed by atoms with Crippen LogP contribution in [0.2, 0.25) is 0 Å². The number of esters is 1. The predicted octanol–water partition coefficient (Wildman–Crippen LogP) is 3.66. The highest BCUT2D eigenvalue weighted by atomic mass is 16.5. The summed E-state index contributed by atoms with van der Waals surface area (Å²) in [5, 5.41) is 0. The van der Waals surface area contributed by atoms with Gasteiger partial charge in [-0.2, -0.15) is 0 Å². The molecule has 2 aliphatic rings. The molecule has 0 spiro atoms. The number of nitrogens with two attached hydrogens (primary N) is 1. The topological polar surface area (TPSA) is 52.3 Å². The molecule has 3 rings (SSSR count). The second-order valence-electron chi connectivity index (χ2n) is 6.67. The van der Waals surface area contributed by atoms with E-state index in [1.807, 2.05) is 6.07 Å². The van der Waals surface area contributed by atoms with Crippen molar-refractivity contribution in [1.29, 1.82) is 0 Å². The quantitative estimate of drug-likeness (QED) is 0.863. The van der Waals surface area contributed by atoms with Crippen molar-refractivity contribution >= 4 is 5.97 Å². The van der Waals surface area contributed by atoms with Gasteiger partial charge in [-0.25, -0.2) is 0 Å². The van der Waals surface area contributed by atoms with Gasteiger partial charge in [-0.1, -0.05) is 43.5 Å². The molecule has 0 bridgehead atoms. The Morgan fingerprint density at radius 2 is 1.95 bits per heavy atom. The van der Waals surface area contributed by atoms with Gasteiger partial charge in [-0.3, -0.25) is 4.79 Å². The second kappa shape index (κ2) is 6.18. The molecular formula is C18H25NO2. The third-order valence-corrected chi connectivity index (χ3v) is 4.93. The number of carbonyl (C=O) groups excluding carboxylic acids is 1. The Morgan fingerprint density at radius 3 is 2.76 bits per heavy atom. The van der Waals surface area contributed by atoms with Crippen LogP contribution in [0.1, 0.15) is 68.6 Å². The SMILES string of the molecule is NC1(CC(=O)OC2CCCc3ccccc32)CCCCC1. The molecule has 1 aromatic carbocycles. The maximum atomic E-state index is 12.3. The Hall–Kier alpha value is -1.35. The zero-order valence-electron chi connectivity index (χ0n) is 12.6. The molecule has 0 heterocycles. The van der Waals surface area contributed by atoms with Crippen molar-refractivity contribution in [3.8, 4) is 0 Å². The van der Waals surface area contributed by atoms with E-state index >= 15 is 0 Å². The fourth-order valence-corrected chi connectivity index (χ4v) is 3.75. The van der Waals surface area contributed by atoms with Gasteiger partial charge < -0.3 is 10.5 Å². The van der Waals surface area contributed by atoms with Crippen molar-refractivity contribution in [2.75, 3.05) is 0 Å². The van der Waals surface area contributed by atoms with Gasteiger partial charge in [0, 0.05) is 5.54 Å². The minimum Gasteiger partial charge on any atom is -0.457 e. The first-order valence-electron chi connectivity index (χ1n) is 8.22. The van der Waals surface area contributed by atoms with Gasteiger partial charge in [0.2, 0.25) is 0 Å². The maximum Gasteiger partial charge on any atom is 0.308 e. The van der Waals surface area contributed by atoms with Crippen LogP contribution in [0, 0.1) is 0 Å². The summed E-state index contributed by atoms with van der Waals surface area (Å²) >= 11 is 0. The highest BCUT2D eigenvalue weighted by Crippen LogP contribution is 2.34. The fourth-order valence-electron chi connectivity index (χ4n) is 3.75. The van der Waals surface area contributed by atoms with E-state index in [1.54, 1.807) is 0 Å². The molecule has 3 nitrogen and oxygen atoms in total. The fraction of sp³-hybridized carbons (Fsp3) is 0.611.